The lowest BCUT2D eigenvalue weighted by Gasteiger charge is -2.45. The summed E-state index contributed by atoms with van der Waals surface area (Å²) in [4.78, 5) is 13.5. The molecule has 3 heterocycles. The van der Waals surface area contributed by atoms with Crippen molar-refractivity contribution in [3.63, 3.8) is 0 Å². The maximum atomic E-state index is 12.8. The van der Waals surface area contributed by atoms with E-state index in [4.69, 9.17) is 19.3 Å². The molecular formula is C27H23N3O4S. The SMILES string of the molecule is COc1ccc(/C=C2\SC(=O)NC23Oc2ccccc2C2CC(c4ccccc4)=NN23)cc1OC. The second kappa shape index (κ2) is 8.39. The number of hydrogen-bond donors (Lipinski definition) is 1. The fourth-order valence-electron chi connectivity index (χ4n) is 4.76. The van der Waals surface area contributed by atoms with Crippen molar-refractivity contribution >= 4 is 28.8 Å². The monoisotopic (exact) mass is 485 g/mol. The largest absolute Gasteiger partial charge is 0.493 e. The summed E-state index contributed by atoms with van der Waals surface area (Å²) in [5.74, 6) is 0.734. The first kappa shape index (κ1) is 21.6. The third-order valence-corrected chi connectivity index (χ3v) is 7.29. The van der Waals surface area contributed by atoms with E-state index in [1.165, 1.54) is 0 Å². The van der Waals surface area contributed by atoms with E-state index in [2.05, 4.69) is 23.5 Å². The molecule has 3 aromatic rings. The van der Waals surface area contributed by atoms with Crippen LogP contribution in [0.4, 0.5) is 4.79 Å². The highest BCUT2D eigenvalue weighted by molar-refractivity contribution is 8.17. The average Bonchev–Trinajstić information content (AvgIpc) is 3.47. The van der Waals surface area contributed by atoms with E-state index in [9.17, 15) is 4.79 Å². The van der Waals surface area contributed by atoms with E-state index in [0.717, 1.165) is 39.9 Å². The zero-order valence-corrected chi connectivity index (χ0v) is 20.0. The number of nitrogens with one attached hydrogen (secondary N) is 1. The maximum absolute atomic E-state index is 12.8. The lowest BCUT2D eigenvalue weighted by Crippen LogP contribution is -2.61. The minimum atomic E-state index is -1.25. The van der Waals surface area contributed by atoms with Gasteiger partial charge in [-0.1, -0.05) is 54.6 Å². The molecule has 1 saturated heterocycles. The Morgan fingerprint density at radius 3 is 2.63 bits per heavy atom. The van der Waals surface area contributed by atoms with Crippen LogP contribution in [0.25, 0.3) is 6.08 Å². The van der Waals surface area contributed by atoms with Crippen molar-refractivity contribution in [2.75, 3.05) is 14.2 Å². The number of nitrogens with zero attached hydrogens (tertiary/aromatic N) is 2. The number of fused-ring (bicyclic) bond motifs is 4. The Hall–Kier alpha value is -3.91. The zero-order valence-electron chi connectivity index (χ0n) is 19.2. The summed E-state index contributed by atoms with van der Waals surface area (Å²) < 4.78 is 17.4. The third-order valence-electron chi connectivity index (χ3n) is 6.39. The standard InChI is InChI=1S/C27H23N3O4S/c1-32-23-13-12-17(14-24(23)33-2)15-25-27(28-26(31)35-25)30-21(19-10-6-7-11-22(19)34-27)16-20(29-30)18-8-4-3-5-9-18/h3-15,21H,16H2,1-2H3,(H,28,31)/b25-15-. The quantitative estimate of drug-likeness (QED) is 0.534. The van der Waals surface area contributed by atoms with Gasteiger partial charge in [-0.25, -0.2) is 5.01 Å². The maximum Gasteiger partial charge on any atom is 0.314 e. The molecule has 0 radical (unpaired) electrons. The molecule has 6 rings (SSSR count). The van der Waals surface area contributed by atoms with E-state index >= 15 is 0 Å². The molecule has 3 aromatic carbocycles. The van der Waals surface area contributed by atoms with Crippen LogP contribution in [0.2, 0.25) is 0 Å². The van der Waals surface area contributed by atoms with Gasteiger partial charge in [-0.2, -0.15) is 5.10 Å². The molecule has 8 heteroatoms. The van der Waals surface area contributed by atoms with Gasteiger partial charge in [0.15, 0.2) is 11.5 Å². The van der Waals surface area contributed by atoms with Gasteiger partial charge in [-0.15, -0.1) is 0 Å². The fraction of sp³-hybridized carbons (Fsp3) is 0.185. The Kier molecular flexibility index (Phi) is 5.18. The van der Waals surface area contributed by atoms with Gasteiger partial charge in [0.25, 0.3) is 5.24 Å². The van der Waals surface area contributed by atoms with Gasteiger partial charge in [-0.05, 0) is 47.2 Å². The number of thioether (sulfide) groups is 1. The first-order valence-electron chi connectivity index (χ1n) is 11.3. The number of carbonyl (C=O) groups is 1. The molecule has 1 N–H and O–H groups in total. The Bertz CT molecular complexity index is 1370. The lowest BCUT2D eigenvalue weighted by atomic mass is 9.95. The molecule has 1 amide bonds. The molecule has 2 unspecified atom stereocenters. The number of carbonyl (C=O) groups excluding carboxylic acids is 1. The van der Waals surface area contributed by atoms with E-state index in [1.54, 1.807) is 14.2 Å². The van der Waals surface area contributed by atoms with Crippen molar-refractivity contribution in [3.8, 4) is 17.2 Å². The van der Waals surface area contributed by atoms with E-state index in [-0.39, 0.29) is 11.3 Å². The Morgan fingerprint density at radius 2 is 1.83 bits per heavy atom. The molecule has 1 fully saturated rings. The van der Waals surface area contributed by atoms with Crippen LogP contribution in [0, 0.1) is 0 Å². The molecule has 0 saturated carbocycles. The predicted octanol–water partition coefficient (Wildman–Crippen LogP) is 5.40. The molecule has 1 spiro atoms. The van der Waals surface area contributed by atoms with Crippen LogP contribution in [-0.4, -0.2) is 36.0 Å². The van der Waals surface area contributed by atoms with Crippen molar-refractivity contribution < 1.29 is 19.0 Å². The second-order valence-corrected chi connectivity index (χ2v) is 9.41. The summed E-state index contributed by atoms with van der Waals surface area (Å²) >= 11 is 1.11. The van der Waals surface area contributed by atoms with Crippen LogP contribution in [0.5, 0.6) is 17.2 Å². The second-order valence-electron chi connectivity index (χ2n) is 8.40. The third kappa shape index (κ3) is 3.52. The summed E-state index contributed by atoms with van der Waals surface area (Å²) in [5, 5.41) is 9.79. The molecule has 7 nitrogen and oxygen atoms in total. The minimum absolute atomic E-state index is 0.0806. The highest BCUT2D eigenvalue weighted by Crippen LogP contribution is 2.52. The molecule has 0 aromatic heterocycles. The van der Waals surface area contributed by atoms with Gasteiger partial charge in [0.2, 0.25) is 0 Å². The van der Waals surface area contributed by atoms with Crippen molar-refractivity contribution in [2.24, 2.45) is 5.10 Å². The molecular weight excluding hydrogens is 462 g/mol. The van der Waals surface area contributed by atoms with Gasteiger partial charge < -0.3 is 14.2 Å². The number of amides is 1. The number of hydrazone groups is 1. The van der Waals surface area contributed by atoms with Crippen LogP contribution >= 0.6 is 11.8 Å². The van der Waals surface area contributed by atoms with Crippen molar-refractivity contribution in [1.82, 2.24) is 10.3 Å². The van der Waals surface area contributed by atoms with Crippen molar-refractivity contribution in [3.05, 3.63) is 94.4 Å². The summed E-state index contributed by atoms with van der Waals surface area (Å²) in [5.41, 5.74) is 3.90. The topological polar surface area (TPSA) is 72.4 Å². The predicted molar refractivity (Wildman–Crippen MR) is 136 cm³/mol. The van der Waals surface area contributed by atoms with Crippen LogP contribution in [0.1, 0.15) is 29.2 Å². The van der Waals surface area contributed by atoms with Crippen LogP contribution in [0.15, 0.2) is 82.8 Å². The van der Waals surface area contributed by atoms with Crippen LogP contribution < -0.4 is 19.5 Å². The molecule has 3 aliphatic heterocycles. The van der Waals surface area contributed by atoms with Gasteiger partial charge in [-0.3, -0.25) is 10.1 Å². The van der Waals surface area contributed by atoms with E-state index in [1.807, 2.05) is 65.7 Å². The fourth-order valence-corrected chi connectivity index (χ4v) is 5.67. The normalized spacial score (nSPS) is 23.4. The van der Waals surface area contributed by atoms with Gasteiger partial charge in [0.05, 0.1) is 30.9 Å². The number of benzene rings is 3. The van der Waals surface area contributed by atoms with Crippen molar-refractivity contribution in [2.45, 2.75) is 18.3 Å². The number of methoxy groups -OCH3 is 2. The molecule has 3 aliphatic rings. The smallest absolute Gasteiger partial charge is 0.314 e. The first-order chi connectivity index (χ1) is 17.1. The minimum Gasteiger partial charge on any atom is -0.493 e. The number of hydrogen-bond acceptors (Lipinski definition) is 7. The summed E-state index contributed by atoms with van der Waals surface area (Å²) in [6, 6.07) is 23.6. The Morgan fingerprint density at radius 1 is 1.06 bits per heavy atom. The summed E-state index contributed by atoms with van der Waals surface area (Å²) in [7, 11) is 3.20. The molecule has 2 atom stereocenters. The Balaban J connectivity index is 1.49. The number of rotatable bonds is 4. The highest BCUT2D eigenvalue weighted by Gasteiger charge is 2.58. The van der Waals surface area contributed by atoms with E-state index in [0.29, 0.717) is 22.8 Å². The van der Waals surface area contributed by atoms with Crippen molar-refractivity contribution in [1.29, 1.82) is 0 Å². The average molecular weight is 486 g/mol. The molecule has 0 bridgehead atoms. The molecule has 176 valence electrons. The summed E-state index contributed by atoms with van der Waals surface area (Å²) in [6.07, 6.45) is 2.64. The highest BCUT2D eigenvalue weighted by atomic mass is 32.2. The van der Waals surface area contributed by atoms with Crippen LogP contribution in [0.3, 0.4) is 0 Å². The number of para-hydroxylation sites is 1. The zero-order chi connectivity index (χ0) is 24.0. The molecule has 0 aliphatic carbocycles. The number of ether oxygens (including phenoxy) is 3. The molecule has 35 heavy (non-hydrogen) atoms. The Labute approximate surface area is 207 Å². The van der Waals surface area contributed by atoms with Gasteiger partial charge in [0, 0.05) is 12.0 Å². The van der Waals surface area contributed by atoms with Crippen LogP contribution in [-0.2, 0) is 0 Å². The van der Waals surface area contributed by atoms with Gasteiger partial charge >= 0.3 is 5.85 Å². The lowest BCUT2D eigenvalue weighted by molar-refractivity contribution is -0.0949. The van der Waals surface area contributed by atoms with E-state index < -0.39 is 5.85 Å². The summed E-state index contributed by atoms with van der Waals surface area (Å²) in [6.45, 7) is 0. The van der Waals surface area contributed by atoms with Gasteiger partial charge in [0.1, 0.15) is 5.75 Å². The first-order valence-corrected chi connectivity index (χ1v) is 12.1.